The highest BCUT2D eigenvalue weighted by Crippen LogP contribution is 2.35. The van der Waals surface area contributed by atoms with Gasteiger partial charge in [0, 0.05) is 6.04 Å². The van der Waals surface area contributed by atoms with Crippen LogP contribution in [0.5, 0.6) is 0 Å². The molecular formula is C14H15Cl3N2. The van der Waals surface area contributed by atoms with E-state index in [0.717, 1.165) is 16.9 Å². The van der Waals surface area contributed by atoms with Crippen molar-refractivity contribution in [1.82, 2.24) is 9.55 Å². The molecule has 5 heteroatoms. The minimum atomic E-state index is 0.417. The number of alkyl halides is 1. The van der Waals surface area contributed by atoms with Crippen molar-refractivity contribution in [3.8, 4) is 0 Å². The smallest absolute Gasteiger partial charge is 0.125 e. The van der Waals surface area contributed by atoms with Crippen LogP contribution in [0.15, 0.2) is 12.1 Å². The number of nitrogens with zero attached hydrogens (tertiary/aromatic N) is 2. The fraction of sp³-hybridized carbons (Fsp3) is 0.500. The minimum Gasteiger partial charge on any atom is -0.324 e. The Bertz CT molecular complexity index is 600. The number of fused-ring (bicyclic) bond motifs is 1. The van der Waals surface area contributed by atoms with Crippen molar-refractivity contribution >= 4 is 45.8 Å². The van der Waals surface area contributed by atoms with E-state index in [1.807, 2.05) is 12.1 Å². The summed E-state index contributed by atoms with van der Waals surface area (Å²) in [5, 5.41) is 1.12. The average Bonchev–Trinajstić information content (AvgIpc) is 2.78. The summed E-state index contributed by atoms with van der Waals surface area (Å²) in [5.41, 5.74) is 1.94. The van der Waals surface area contributed by atoms with Crippen LogP contribution in [-0.4, -0.2) is 9.55 Å². The molecule has 1 saturated carbocycles. The van der Waals surface area contributed by atoms with Crippen LogP contribution < -0.4 is 0 Å². The predicted molar refractivity (Wildman–Crippen MR) is 81.4 cm³/mol. The molecule has 2 nitrogen and oxygen atoms in total. The van der Waals surface area contributed by atoms with Gasteiger partial charge in [-0.1, -0.05) is 42.5 Å². The highest BCUT2D eigenvalue weighted by atomic mass is 35.5. The number of rotatable bonds is 2. The number of hydrogen-bond acceptors (Lipinski definition) is 1. The topological polar surface area (TPSA) is 17.8 Å². The molecular weight excluding hydrogens is 303 g/mol. The van der Waals surface area contributed by atoms with Gasteiger partial charge in [0.25, 0.3) is 0 Å². The first-order valence-electron chi connectivity index (χ1n) is 6.62. The lowest BCUT2D eigenvalue weighted by Gasteiger charge is -2.25. The molecule has 0 radical (unpaired) electrons. The lowest BCUT2D eigenvalue weighted by Crippen LogP contribution is -2.14. The second-order valence-electron chi connectivity index (χ2n) is 5.08. The zero-order valence-corrected chi connectivity index (χ0v) is 12.8. The maximum absolute atomic E-state index is 6.14. The second kappa shape index (κ2) is 5.51. The number of aromatic nitrogens is 2. The molecule has 0 atom stereocenters. The first-order valence-corrected chi connectivity index (χ1v) is 7.91. The summed E-state index contributed by atoms with van der Waals surface area (Å²) in [7, 11) is 0. The van der Waals surface area contributed by atoms with Gasteiger partial charge in [-0.15, -0.1) is 11.6 Å². The third-order valence-corrected chi connectivity index (χ3v) is 4.83. The van der Waals surface area contributed by atoms with E-state index in [4.69, 9.17) is 34.8 Å². The van der Waals surface area contributed by atoms with E-state index >= 15 is 0 Å². The highest BCUT2D eigenvalue weighted by molar-refractivity contribution is 6.42. The Morgan fingerprint density at radius 1 is 1.11 bits per heavy atom. The summed E-state index contributed by atoms with van der Waals surface area (Å²) in [5.74, 6) is 1.34. The molecule has 0 aliphatic heterocycles. The molecule has 1 fully saturated rings. The molecule has 0 bridgehead atoms. The van der Waals surface area contributed by atoms with E-state index in [9.17, 15) is 0 Å². The zero-order chi connectivity index (χ0) is 13.4. The Labute approximate surface area is 127 Å². The molecule has 1 heterocycles. The van der Waals surface area contributed by atoms with Crippen molar-refractivity contribution in [3.63, 3.8) is 0 Å². The van der Waals surface area contributed by atoms with Crippen molar-refractivity contribution in [1.29, 1.82) is 0 Å². The number of halogens is 3. The monoisotopic (exact) mass is 316 g/mol. The molecule has 1 aromatic carbocycles. The number of benzene rings is 1. The van der Waals surface area contributed by atoms with E-state index in [0.29, 0.717) is 22.0 Å². The van der Waals surface area contributed by atoms with Crippen LogP contribution in [0.4, 0.5) is 0 Å². The summed E-state index contributed by atoms with van der Waals surface area (Å²) in [6.45, 7) is 0. The van der Waals surface area contributed by atoms with Crippen LogP contribution in [0, 0.1) is 0 Å². The van der Waals surface area contributed by atoms with E-state index in [-0.39, 0.29) is 0 Å². The third kappa shape index (κ3) is 2.46. The van der Waals surface area contributed by atoms with E-state index < -0.39 is 0 Å². The maximum atomic E-state index is 6.14. The zero-order valence-electron chi connectivity index (χ0n) is 10.5. The molecule has 2 aromatic rings. The average molecular weight is 318 g/mol. The lowest BCUT2D eigenvalue weighted by atomic mass is 9.95. The van der Waals surface area contributed by atoms with Crippen molar-refractivity contribution in [3.05, 3.63) is 28.0 Å². The molecule has 0 saturated heterocycles. The van der Waals surface area contributed by atoms with Crippen LogP contribution in [0.3, 0.4) is 0 Å². The third-order valence-electron chi connectivity index (χ3n) is 3.86. The molecule has 102 valence electrons. The molecule has 3 rings (SSSR count). The van der Waals surface area contributed by atoms with Crippen molar-refractivity contribution in [2.24, 2.45) is 0 Å². The molecule has 0 spiro atoms. The summed E-state index contributed by atoms with van der Waals surface area (Å²) in [6, 6.07) is 4.23. The molecule has 0 unspecified atom stereocenters. The van der Waals surface area contributed by atoms with Gasteiger partial charge in [-0.25, -0.2) is 4.98 Å². The Hall–Kier alpha value is -0.440. The van der Waals surface area contributed by atoms with Gasteiger partial charge in [0.2, 0.25) is 0 Å². The quantitative estimate of drug-likeness (QED) is 0.660. The fourth-order valence-corrected chi connectivity index (χ4v) is 3.49. The van der Waals surface area contributed by atoms with Gasteiger partial charge in [0.15, 0.2) is 0 Å². The molecule has 0 N–H and O–H groups in total. The van der Waals surface area contributed by atoms with Crippen LogP contribution in [0.2, 0.25) is 10.0 Å². The van der Waals surface area contributed by atoms with Crippen molar-refractivity contribution in [2.45, 2.75) is 44.0 Å². The van der Waals surface area contributed by atoms with Gasteiger partial charge in [0.1, 0.15) is 5.82 Å². The second-order valence-corrected chi connectivity index (χ2v) is 6.16. The Balaban J connectivity index is 2.16. The molecule has 1 aliphatic rings. The van der Waals surface area contributed by atoms with E-state index in [2.05, 4.69) is 9.55 Å². The lowest BCUT2D eigenvalue weighted by molar-refractivity contribution is 0.354. The van der Waals surface area contributed by atoms with Crippen LogP contribution in [-0.2, 0) is 5.88 Å². The normalized spacial score (nSPS) is 17.2. The number of hydrogen-bond donors (Lipinski definition) is 0. The maximum Gasteiger partial charge on any atom is 0.125 e. The summed E-state index contributed by atoms with van der Waals surface area (Å²) in [6.07, 6.45) is 6.25. The molecule has 19 heavy (non-hydrogen) atoms. The van der Waals surface area contributed by atoms with Gasteiger partial charge in [-0.2, -0.15) is 0 Å². The Morgan fingerprint density at radius 2 is 1.79 bits per heavy atom. The first kappa shape index (κ1) is 13.5. The van der Waals surface area contributed by atoms with E-state index in [1.165, 1.54) is 32.1 Å². The van der Waals surface area contributed by atoms with Crippen molar-refractivity contribution in [2.75, 3.05) is 0 Å². The molecule has 1 aliphatic carbocycles. The minimum absolute atomic E-state index is 0.417. The Morgan fingerprint density at radius 3 is 2.47 bits per heavy atom. The number of imidazole rings is 1. The summed E-state index contributed by atoms with van der Waals surface area (Å²) in [4.78, 5) is 4.60. The summed E-state index contributed by atoms with van der Waals surface area (Å²) >= 11 is 18.3. The van der Waals surface area contributed by atoms with Crippen LogP contribution >= 0.6 is 34.8 Å². The largest absolute Gasteiger partial charge is 0.324 e. The fourth-order valence-electron chi connectivity index (χ4n) is 2.98. The molecule has 0 amide bonds. The Kier molecular flexibility index (Phi) is 3.93. The van der Waals surface area contributed by atoms with Crippen LogP contribution in [0.1, 0.15) is 44.0 Å². The first-order chi connectivity index (χ1) is 9.20. The van der Waals surface area contributed by atoms with E-state index in [1.54, 1.807) is 0 Å². The standard InChI is InChI=1S/C14H15Cl3N2/c15-8-14-18-12-6-10(16)11(17)7-13(12)19(14)9-4-2-1-3-5-9/h6-7,9H,1-5,8H2. The van der Waals surface area contributed by atoms with Crippen LogP contribution in [0.25, 0.3) is 11.0 Å². The molecule has 1 aromatic heterocycles. The van der Waals surface area contributed by atoms with Gasteiger partial charge >= 0.3 is 0 Å². The van der Waals surface area contributed by atoms with Gasteiger partial charge < -0.3 is 4.57 Å². The van der Waals surface area contributed by atoms with Gasteiger partial charge in [0.05, 0.1) is 27.0 Å². The SMILES string of the molecule is ClCc1nc2cc(Cl)c(Cl)cc2n1C1CCCCC1. The van der Waals surface area contributed by atoms with Crippen molar-refractivity contribution < 1.29 is 0 Å². The van der Waals surface area contributed by atoms with Gasteiger partial charge in [-0.05, 0) is 25.0 Å². The highest BCUT2D eigenvalue weighted by Gasteiger charge is 2.21. The predicted octanol–water partition coefficient (Wildman–Crippen LogP) is 5.59. The van der Waals surface area contributed by atoms with Gasteiger partial charge in [-0.3, -0.25) is 0 Å². The summed E-state index contributed by atoms with van der Waals surface area (Å²) < 4.78 is 2.27.